The largest absolute Gasteiger partial charge is 0.399 e. The molecule has 3 N–H and O–H groups in total. The highest BCUT2D eigenvalue weighted by atomic mass is 16.3. The normalized spacial score (nSPS) is 16.3. The van der Waals surface area contributed by atoms with Gasteiger partial charge in [0.05, 0.1) is 11.0 Å². The summed E-state index contributed by atoms with van der Waals surface area (Å²) in [5, 5.41) is 9.54. The Bertz CT molecular complexity index is 616. The van der Waals surface area contributed by atoms with E-state index in [0.29, 0.717) is 11.7 Å². The van der Waals surface area contributed by atoms with Crippen molar-refractivity contribution in [3.8, 4) is 0 Å². The summed E-state index contributed by atoms with van der Waals surface area (Å²) in [6, 6.07) is 6.47. The minimum atomic E-state index is -0.0400. The van der Waals surface area contributed by atoms with Crippen molar-refractivity contribution in [2.75, 3.05) is 19.3 Å². The average molecular weight is 288 g/mol. The molecule has 0 atom stereocenters. The van der Waals surface area contributed by atoms with Crippen LogP contribution in [0.5, 0.6) is 0 Å². The van der Waals surface area contributed by atoms with E-state index in [0.717, 1.165) is 29.9 Å². The molecule has 0 aliphatic heterocycles. The van der Waals surface area contributed by atoms with Gasteiger partial charge in [0, 0.05) is 24.8 Å². The lowest BCUT2D eigenvalue weighted by molar-refractivity contribution is 0.229. The van der Waals surface area contributed by atoms with Crippen molar-refractivity contribution in [2.24, 2.45) is 0 Å². The number of hydrogen-bond acceptors (Lipinski definition) is 4. The van der Waals surface area contributed by atoms with Gasteiger partial charge in [-0.3, -0.25) is 0 Å². The maximum absolute atomic E-state index is 9.54. The topological polar surface area (TPSA) is 67.3 Å². The van der Waals surface area contributed by atoms with Crippen LogP contribution < -0.4 is 5.73 Å². The van der Waals surface area contributed by atoms with E-state index in [9.17, 15) is 5.11 Å². The van der Waals surface area contributed by atoms with Gasteiger partial charge in [-0.05, 0) is 38.1 Å². The van der Waals surface area contributed by atoms with Crippen molar-refractivity contribution in [3.05, 3.63) is 24.0 Å². The summed E-state index contributed by atoms with van der Waals surface area (Å²) in [5.74, 6) is 0.718. The lowest BCUT2D eigenvalue weighted by Crippen LogP contribution is -2.32. The van der Waals surface area contributed by atoms with Crippen LogP contribution in [0, 0.1) is 0 Å². The van der Waals surface area contributed by atoms with Crippen molar-refractivity contribution in [3.63, 3.8) is 0 Å². The Hall–Kier alpha value is -1.59. The van der Waals surface area contributed by atoms with E-state index in [1.54, 1.807) is 0 Å². The molecule has 0 bridgehead atoms. The molecule has 21 heavy (non-hydrogen) atoms. The highest BCUT2D eigenvalue weighted by Crippen LogP contribution is 2.23. The molecular formula is C16H24N4O. The molecule has 5 nitrogen and oxygen atoms in total. The Morgan fingerprint density at radius 3 is 2.86 bits per heavy atom. The number of aromatic nitrogens is 2. The molecule has 3 rings (SSSR count). The maximum Gasteiger partial charge on any atom is 0.135 e. The number of aliphatic hydroxyl groups excluding tert-OH is 1. The minimum Gasteiger partial charge on any atom is -0.399 e. The van der Waals surface area contributed by atoms with Crippen LogP contribution in [-0.2, 0) is 13.2 Å². The van der Waals surface area contributed by atoms with Crippen LogP contribution in [0.1, 0.15) is 31.5 Å². The summed E-state index contributed by atoms with van der Waals surface area (Å²) in [5.41, 5.74) is 8.43. The monoisotopic (exact) mass is 288 g/mol. The maximum atomic E-state index is 9.54. The Labute approximate surface area is 125 Å². The first-order valence-corrected chi connectivity index (χ1v) is 7.75. The van der Waals surface area contributed by atoms with E-state index in [-0.39, 0.29) is 6.61 Å². The van der Waals surface area contributed by atoms with Crippen molar-refractivity contribution in [1.82, 2.24) is 14.5 Å². The summed E-state index contributed by atoms with van der Waals surface area (Å²) in [4.78, 5) is 6.92. The van der Waals surface area contributed by atoms with Crippen LogP contribution in [0.3, 0.4) is 0 Å². The SMILES string of the molecule is CN(CCn1c(CO)nc2cc(N)ccc21)C1CCCC1. The van der Waals surface area contributed by atoms with E-state index in [1.165, 1.54) is 25.7 Å². The second kappa shape index (κ2) is 6.03. The Balaban J connectivity index is 1.78. The van der Waals surface area contributed by atoms with Gasteiger partial charge in [0.1, 0.15) is 12.4 Å². The number of nitrogens with zero attached hydrogens (tertiary/aromatic N) is 3. The fourth-order valence-electron chi connectivity index (χ4n) is 3.35. The average Bonchev–Trinajstić information content (AvgIpc) is 3.11. The van der Waals surface area contributed by atoms with Crippen LogP contribution in [-0.4, -0.2) is 39.2 Å². The quantitative estimate of drug-likeness (QED) is 0.826. The van der Waals surface area contributed by atoms with E-state index in [1.807, 2.05) is 18.2 Å². The summed E-state index contributed by atoms with van der Waals surface area (Å²) < 4.78 is 2.11. The van der Waals surface area contributed by atoms with Crippen LogP contribution in [0.15, 0.2) is 18.2 Å². The smallest absolute Gasteiger partial charge is 0.135 e. The van der Waals surface area contributed by atoms with Gasteiger partial charge >= 0.3 is 0 Å². The molecule has 0 saturated heterocycles. The molecule has 114 valence electrons. The third-order valence-corrected chi connectivity index (χ3v) is 4.62. The molecule has 1 fully saturated rings. The minimum absolute atomic E-state index is 0.0400. The van der Waals surface area contributed by atoms with E-state index in [2.05, 4.69) is 21.5 Å². The first-order valence-electron chi connectivity index (χ1n) is 7.75. The summed E-state index contributed by atoms with van der Waals surface area (Å²) in [6.07, 6.45) is 5.32. The van der Waals surface area contributed by atoms with Crippen LogP contribution in [0.4, 0.5) is 5.69 Å². The van der Waals surface area contributed by atoms with Gasteiger partial charge in [0.15, 0.2) is 0 Å². The fourth-order valence-corrected chi connectivity index (χ4v) is 3.35. The Morgan fingerprint density at radius 1 is 1.38 bits per heavy atom. The number of nitrogens with two attached hydrogens (primary N) is 1. The molecule has 1 saturated carbocycles. The number of anilines is 1. The molecule has 1 aromatic heterocycles. The van der Waals surface area contributed by atoms with Crippen LogP contribution in [0.2, 0.25) is 0 Å². The van der Waals surface area contributed by atoms with Gasteiger partial charge in [-0.1, -0.05) is 12.8 Å². The second-order valence-corrected chi connectivity index (χ2v) is 6.00. The highest BCUT2D eigenvalue weighted by molar-refractivity contribution is 5.79. The lowest BCUT2D eigenvalue weighted by atomic mass is 10.2. The van der Waals surface area contributed by atoms with Crippen molar-refractivity contribution < 1.29 is 5.11 Å². The number of aliphatic hydroxyl groups is 1. The fraction of sp³-hybridized carbons (Fsp3) is 0.562. The van der Waals surface area contributed by atoms with Crippen LogP contribution in [0.25, 0.3) is 11.0 Å². The molecule has 1 aromatic carbocycles. The van der Waals surface area contributed by atoms with Crippen molar-refractivity contribution in [1.29, 1.82) is 0 Å². The zero-order chi connectivity index (χ0) is 14.8. The molecule has 0 amide bonds. The van der Waals surface area contributed by atoms with Crippen LogP contribution >= 0.6 is 0 Å². The molecule has 1 heterocycles. The van der Waals surface area contributed by atoms with Gasteiger partial charge in [-0.15, -0.1) is 0 Å². The summed E-state index contributed by atoms with van der Waals surface area (Å²) >= 11 is 0. The highest BCUT2D eigenvalue weighted by Gasteiger charge is 2.19. The number of likely N-dealkylation sites (N-methyl/N-ethyl adjacent to an activating group) is 1. The molecule has 1 aliphatic rings. The van der Waals surface area contributed by atoms with E-state index >= 15 is 0 Å². The summed E-state index contributed by atoms with van der Waals surface area (Å²) in [7, 11) is 2.20. The second-order valence-electron chi connectivity index (χ2n) is 6.00. The van der Waals surface area contributed by atoms with Gasteiger partial charge < -0.3 is 20.3 Å². The predicted octanol–water partition coefficient (Wildman–Crippen LogP) is 1.99. The standard InChI is InChI=1S/C16H24N4O/c1-19(13-4-2-3-5-13)8-9-20-15-7-6-12(17)10-14(15)18-16(20)11-21/h6-7,10,13,21H,2-5,8-9,11,17H2,1H3. The van der Waals surface area contributed by atoms with Gasteiger partial charge in [-0.2, -0.15) is 0 Å². The number of benzene rings is 1. The zero-order valence-electron chi connectivity index (χ0n) is 12.6. The van der Waals surface area contributed by atoms with Gasteiger partial charge in [-0.25, -0.2) is 4.98 Å². The third-order valence-electron chi connectivity index (χ3n) is 4.62. The number of fused-ring (bicyclic) bond motifs is 1. The van der Waals surface area contributed by atoms with Gasteiger partial charge in [0.2, 0.25) is 0 Å². The molecular weight excluding hydrogens is 264 g/mol. The molecule has 0 radical (unpaired) electrons. The number of nitrogen functional groups attached to an aromatic ring is 1. The molecule has 0 spiro atoms. The third kappa shape index (κ3) is 2.89. The zero-order valence-corrected chi connectivity index (χ0v) is 12.6. The van der Waals surface area contributed by atoms with Crippen molar-refractivity contribution >= 4 is 16.7 Å². The molecule has 5 heteroatoms. The van der Waals surface area contributed by atoms with E-state index in [4.69, 9.17) is 5.73 Å². The van der Waals surface area contributed by atoms with E-state index < -0.39 is 0 Å². The Kier molecular flexibility index (Phi) is 4.12. The first kappa shape index (κ1) is 14.4. The number of imidazole rings is 1. The van der Waals surface area contributed by atoms with Crippen molar-refractivity contribution in [2.45, 2.75) is 44.9 Å². The lowest BCUT2D eigenvalue weighted by Gasteiger charge is -2.24. The first-order chi connectivity index (χ1) is 10.2. The molecule has 0 unspecified atom stereocenters. The molecule has 2 aromatic rings. The number of hydrogen-bond donors (Lipinski definition) is 2. The Morgan fingerprint density at radius 2 is 2.14 bits per heavy atom. The summed E-state index contributed by atoms with van der Waals surface area (Å²) in [6.45, 7) is 1.79. The number of rotatable bonds is 5. The van der Waals surface area contributed by atoms with Gasteiger partial charge in [0.25, 0.3) is 0 Å². The molecule has 1 aliphatic carbocycles. The predicted molar refractivity (Wildman–Crippen MR) is 85.0 cm³/mol.